The maximum absolute atomic E-state index is 12.5. The molecule has 0 amide bonds. The van der Waals surface area contributed by atoms with E-state index in [1.807, 2.05) is 0 Å². The second-order valence-corrected chi connectivity index (χ2v) is 8.84. The molecule has 1 aliphatic carbocycles. The van der Waals surface area contributed by atoms with Crippen LogP contribution in [-0.2, 0) is 10.0 Å². The molecule has 0 bridgehead atoms. The molecule has 0 aromatic rings. The second kappa shape index (κ2) is 7.23. The van der Waals surface area contributed by atoms with Crippen molar-refractivity contribution in [3.05, 3.63) is 0 Å². The van der Waals surface area contributed by atoms with Gasteiger partial charge in [-0.15, -0.1) is 0 Å². The van der Waals surface area contributed by atoms with Gasteiger partial charge in [-0.05, 0) is 44.6 Å². The van der Waals surface area contributed by atoms with Crippen LogP contribution in [0.5, 0.6) is 0 Å². The molecule has 1 heterocycles. The highest BCUT2D eigenvalue weighted by Crippen LogP contribution is 2.28. The number of sulfonamides is 1. The number of hydrogen-bond acceptors (Lipinski definition) is 3. The summed E-state index contributed by atoms with van der Waals surface area (Å²) in [5, 5.41) is 3.43. The highest BCUT2D eigenvalue weighted by molar-refractivity contribution is 7.89. The Balaban J connectivity index is 1.84. The van der Waals surface area contributed by atoms with Gasteiger partial charge in [0.25, 0.3) is 0 Å². The average molecular weight is 302 g/mol. The van der Waals surface area contributed by atoms with Crippen molar-refractivity contribution in [1.29, 1.82) is 0 Å². The molecule has 0 radical (unpaired) electrons. The summed E-state index contributed by atoms with van der Waals surface area (Å²) in [7, 11) is -1.31. The minimum absolute atomic E-state index is 0.225. The summed E-state index contributed by atoms with van der Waals surface area (Å²) in [5.41, 5.74) is 0. The molecule has 5 heteroatoms. The molecule has 0 aromatic heterocycles. The van der Waals surface area contributed by atoms with Crippen LogP contribution < -0.4 is 5.32 Å². The first kappa shape index (κ1) is 16.2. The van der Waals surface area contributed by atoms with Crippen LogP contribution in [0.15, 0.2) is 0 Å². The number of nitrogens with one attached hydrogen (secondary N) is 1. The summed E-state index contributed by atoms with van der Waals surface area (Å²) in [6.07, 6.45) is 8.80. The first-order valence-electron chi connectivity index (χ1n) is 8.18. The topological polar surface area (TPSA) is 49.4 Å². The summed E-state index contributed by atoms with van der Waals surface area (Å²) in [6.45, 7) is 3.28. The minimum Gasteiger partial charge on any atom is -0.314 e. The van der Waals surface area contributed by atoms with Crippen LogP contribution in [0.1, 0.15) is 58.3 Å². The zero-order chi connectivity index (χ0) is 14.6. The molecule has 0 aromatic carbocycles. The van der Waals surface area contributed by atoms with E-state index in [-0.39, 0.29) is 6.04 Å². The number of nitrogens with zero attached hydrogens (tertiary/aromatic N) is 1. The number of rotatable bonds is 5. The standard InChI is InChI=1S/C15H30N2O2S/c1-13-6-5-8-15(12-13)17(2)20(18,19)11-9-14-7-3-4-10-16-14/h13-16H,3-12H2,1-2H3. The second-order valence-electron chi connectivity index (χ2n) is 6.69. The number of piperidine rings is 1. The van der Waals surface area contributed by atoms with Crippen LogP contribution in [-0.4, -0.2) is 44.2 Å². The molecule has 20 heavy (non-hydrogen) atoms. The van der Waals surface area contributed by atoms with Crippen LogP contribution in [0.4, 0.5) is 0 Å². The average Bonchev–Trinajstić information content (AvgIpc) is 2.45. The fourth-order valence-electron chi connectivity index (χ4n) is 3.57. The van der Waals surface area contributed by atoms with E-state index in [1.165, 1.54) is 19.3 Å². The summed E-state index contributed by atoms with van der Waals surface area (Å²) < 4.78 is 26.6. The van der Waals surface area contributed by atoms with Crippen LogP contribution >= 0.6 is 0 Å². The first-order chi connectivity index (χ1) is 9.49. The molecule has 4 nitrogen and oxygen atoms in total. The molecule has 3 unspecified atom stereocenters. The Bertz CT molecular complexity index is 391. The quantitative estimate of drug-likeness (QED) is 0.848. The van der Waals surface area contributed by atoms with Gasteiger partial charge in [-0.25, -0.2) is 12.7 Å². The normalized spacial score (nSPS) is 32.5. The van der Waals surface area contributed by atoms with Crippen molar-refractivity contribution >= 4 is 10.0 Å². The van der Waals surface area contributed by atoms with Crippen LogP contribution in [0.2, 0.25) is 0 Å². The van der Waals surface area contributed by atoms with Gasteiger partial charge >= 0.3 is 0 Å². The largest absolute Gasteiger partial charge is 0.314 e. The van der Waals surface area contributed by atoms with Gasteiger partial charge in [-0.2, -0.15) is 0 Å². The van der Waals surface area contributed by atoms with E-state index in [9.17, 15) is 8.42 Å². The zero-order valence-corrected chi connectivity index (χ0v) is 13.8. The summed E-state index contributed by atoms with van der Waals surface area (Å²) in [6, 6.07) is 0.625. The van der Waals surface area contributed by atoms with E-state index in [1.54, 1.807) is 11.4 Å². The van der Waals surface area contributed by atoms with Gasteiger partial charge in [0.2, 0.25) is 10.0 Å². The Labute approximate surface area is 124 Å². The third-order valence-corrected chi connectivity index (χ3v) is 6.93. The fraction of sp³-hybridized carbons (Fsp3) is 1.00. The lowest BCUT2D eigenvalue weighted by atomic mass is 9.87. The Kier molecular flexibility index (Phi) is 5.87. The van der Waals surface area contributed by atoms with Gasteiger partial charge in [0.05, 0.1) is 5.75 Å². The van der Waals surface area contributed by atoms with Crippen LogP contribution in [0.25, 0.3) is 0 Å². The lowest BCUT2D eigenvalue weighted by Gasteiger charge is -2.34. The van der Waals surface area contributed by atoms with Gasteiger partial charge in [0.1, 0.15) is 0 Å². The Morgan fingerprint density at radius 1 is 1.15 bits per heavy atom. The first-order valence-corrected chi connectivity index (χ1v) is 9.79. The molecule has 1 saturated carbocycles. The molecular weight excluding hydrogens is 272 g/mol. The van der Waals surface area contributed by atoms with E-state index in [4.69, 9.17) is 0 Å². The fourth-order valence-corrected chi connectivity index (χ4v) is 5.08. The molecule has 2 rings (SSSR count). The molecule has 118 valence electrons. The van der Waals surface area contributed by atoms with Crippen LogP contribution in [0.3, 0.4) is 0 Å². The molecule has 3 atom stereocenters. The van der Waals surface area contributed by atoms with Crippen molar-refractivity contribution in [3.8, 4) is 0 Å². The third kappa shape index (κ3) is 4.43. The van der Waals surface area contributed by atoms with Gasteiger partial charge < -0.3 is 5.32 Å². The zero-order valence-electron chi connectivity index (χ0n) is 13.0. The van der Waals surface area contributed by atoms with Crippen molar-refractivity contribution in [2.45, 2.75) is 70.4 Å². The Morgan fingerprint density at radius 3 is 2.60 bits per heavy atom. The molecule has 2 fully saturated rings. The molecule has 1 saturated heterocycles. The Hall–Kier alpha value is -0.130. The summed E-state index contributed by atoms with van der Waals surface area (Å²) in [4.78, 5) is 0. The summed E-state index contributed by atoms with van der Waals surface area (Å²) >= 11 is 0. The van der Waals surface area contributed by atoms with Crippen molar-refractivity contribution in [2.24, 2.45) is 5.92 Å². The molecule has 0 spiro atoms. The van der Waals surface area contributed by atoms with E-state index >= 15 is 0 Å². The lowest BCUT2D eigenvalue weighted by Crippen LogP contribution is -2.42. The van der Waals surface area contributed by atoms with Crippen molar-refractivity contribution in [3.63, 3.8) is 0 Å². The van der Waals surface area contributed by atoms with Gasteiger partial charge in [-0.1, -0.05) is 26.2 Å². The third-order valence-electron chi connectivity index (χ3n) is 5.00. The highest BCUT2D eigenvalue weighted by atomic mass is 32.2. The van der Waals surface area contributed by atoms with Gasteiger partial charge in [0.15, 0.2) is 0 Å². The minimum atomic E-state index is -3.09. The SMILES string of the molecule is CC1CCCC(N(C)S(=O)(=O)CCC2CCCCN2)C1. The highest BCUT2D eigenvalue weighted by Gasteiger charge is 2.30. The van der Waals surface area contributed by atoms with Crippen LogP contribution in [0, 0.1) is 5.92 Å². The van der Waals surface area contributed by atoms with Gasteiger partial charge in [0, 0.05) is 19.1 Å². The van der Waals surface area contributed by atoms with Crippen molar-refractivity contribution in [2.75, 3.05) is 19.3 Å². The monoisotopic (exact) mass is 302 g/mol. The maximum Gasteiger partial charge on any atom is 0.214 e. The van der Waals surface area contributed by atoms with Crippen molar-refractivity contribution < 1.29 is 8.42 Å². The van der Waals surface area contributed by atoms with E-state index in [0.717, 1.165) is 38.6 Å². The van der Waals surface area contributed by atoms with Gasteiger partial charge in [-0.3, -0.25) is 0 Å². The predicted molar refractivity (Wildman–Crippen MR) is 83.2 cm³/mol. The summed E-state index contributed by atoms with van der Waals surface area (Å²) in [5.74, 6) is 0.956. The van der Waals surface area contributed by atoms with E-state index in [0.29, 0.717) is 17.7 Å². The molecule has 2 aliphatic rings. The van der Waals surface area contributed by atoms with E-state index < -0.39 is 10.0 Å². The smallest absolute Gasteiger partial charge is 0.214 e. The Morgan fingerprint density at radius 2 is 1.95 bits per heavy atom. The molecular formula is C15H30N2O2S. The van der Waals surface area contributed by atoms with Crippen molar-refractivity contribution in [1.82, 2.24) is 9.62 Å². The predicted octanol–water partition coefficient (Wildman–Crippen LogP) is 2.36. The maximum atomic E-state index is 12.5. The van der Waals surface area contributed by atoms with E-state index in [2.05, 4.69) is 12.2 Å². The number of hydrogen-bond donors (Lipinski definition) is 1. The molecule has 1 N–H and O–H groups in total. The lowest BCUT2D eigenvalue weighted by molar-refractivity contribution is 0.238. The molecule has 1 aliphatic heterocycles.